The standard InChI is InChI=1S/C21H23Cl2N3O3/c22-18-3-1-15(11-19(18)23)26-7-5-25(6-8-26)12-16(27)13-29-17-2-4-20-14(9-17)10-21(28)24-20/h1-4,9,11,16,27H,5-8,10,12-13H2,(H,24,28)/t16-/m0/s1. The van der Waals surface area contributed by atoms with Crippen molar-refractivity contribution in [1.82, 2.24) is 4.90 Å². The first-order valence-corrected chi connectivity index (χ1v) is 10.4. The monoisotopic (exact) mass is 435 g/mol. The summed E-state index contributed by atoms with van der Waals surface area (Å²) in [5, 5.41) is 14.3. The minimum absolute atomic E-state index is 0.00259. The number of ether oxygens (including phenoxy) is 1. The second-order valence-electron chi connectivity index (χ2n) is 7.39. The van der Waals surface area contributed by atoms with Crippen molar-refractivity contribution in [2.24, 2.45) is 0 Å². The first-order chi connectivity index (χ1) is 14.0. The first-order valence-electron chi connectivity index (χ1n) is 9.64. The third-order valence-corrected chi connectivity index (χ3v) is 5.99. The van der Waals surface area contributed by atoms with Crippen LogP contribution in [0.5, 0.6) is 5.75 Å². The zero-order valence-corrected chi connectivity index (χ0v) is 17.4. The normalized spacial score (nSPS) is 17.8. The molecular formula is C21H23Cl2N3O3. The van der Waals surface area contributed by atoms with Gasteiger partial charge in [-0.2, -0.15) is 0 Å². The van der Waals surface area contributed by atoms with Gasteiger partial charge in [-0.15, -0.1) is 0 Å². The number of anilines is 2. The minimum atomic E-state index is -0.584. The van der Waals surface area contributed by atoms with E-state index in [9.17, 15) is 9.90 Å². The van der Waals surface area contributed by atoms with Crippen LogP contribution in [0.25, 0.3) is 0 Å². The molecule has 1 amide bonds. The number of β-amino-alcohol motifs (C(OH)–C–C–N with tert-alkyl or cyclic N) is 1. The van der Waals surface area contributed by atoms with E-state index in [4.69, 9.17) is 27.9 Å². The molecule has 2 aliphatic rings. The summed E-state index contributed by atoms with van der Waals surface area (Å²) >= 11 is 12.1. The molecule has 1 saturated heterocycles. The summed E-state index contributed by atoms with van der Waals surface area (Å²) in [5.41, 5.74) is 2.83. The number of nitrogens with zero attached hydrogens (tertiary/aromatic N) is 2. The lowest BCUT2D eigenvalue weighted by Crippen LogP contribution is -2.49. The fraction of sp³-hybridized carbons (Fsp3) is 0.381. The number of aliphatic hydroxyl groups excluding tert-OH is 1. The highest BCUT2D eigenvalue weighted by Gasteiger charge is 2.21. The molecule has 2 aliphatic heterocycles. The Morgan fingerprint density at radius 1 is 1.07 bits per heavy atom. The van der Waals surface area contributed by atoms with Gasteiger partial charge in [-0.25, -0.2) is 0 Å². The van der Waals surface area contributed by atoms with Gasteiger partial charge in [0.05, 0.1) is 16.5 Å². The minimum Gasteiger partial charge on any atom is -0.491 e. The number of carbonyl (C=O) groups is 1. The molecule has 154 valence electrons. The Bertz CT molecular complexity index is 901. The van der Waals surface area contributed by atoms with Crippen LogP contribution in [-0.2, 0) is 11.2 Å². The van der Waals surface area contributed by atoms with Gasteiger partial charge >= 0.3 is 0 Å². The Kier molecular flexibility index (Phi) is 6.15. The molecule has 0 bridgehead atoms. The SMILES string of the molecule is O=C1Cc2cc(OC[C@@H](O)CN3CCN(c4ccc(Cl)c(Cl)c4)CC3)ccc2N1. The first kappa shape index (κ1) is 20.3. The van der Waals surface area contributed by atoms with E-state index in [-0.39, 0.29) is 12.5 Å². The number of piperazine rings is 1. The molecule has 2 aromatic rings. The van der Waals surface area contributed by atoms with Gasteiger partial charge in [-0.05, 0) is 42.0 Å². The van der Waals surface area contributed by atoms with Crippen molar-refractivity contribution in [3.05, 3.63) is 52.0 Å². The summed E-state index contributed by atoms with van der Waals surface area (Å²) in [4.78, 5) is 15.9. The number of hydrogen-bond acceptors (Lipinski definition) is 5. The molecule has 29 heavy (non-hydrogen) atoms. The molecule has 6 nitrogen and oxygen atoms in total. The van der Waals surface area contributed by atoms with Gasteiger partial charge in [0.15, 0.2) is 0 Å². The number of aliphatic hydroxyl groups is 1. The quantitative estimate of drug-likeness (QED) is 0.729. The number of fused-ring (bicyclic) bond motifs is 1. The zero-order chi connectivity index (χ0) is 20.4. The van der Waals surface area contributed by atoms with Gasteiger partial charge in [-0.1, -0.05) is 23.2 Å². The topological polar surface area (TPSA) is 65.0 Å². The molecule has 1 atom stereocenters. The van der Waals surface area contributed by atoms with E-state index in [1.54, 1.807) is 0 Å². The Hall–Kier alpha value is -1.99. The van der Waals surface area contributed by atoms with Gasteiger partial charge in [0.2, 0.25) is 5.91 Å². The van der Waals surface area contributed by atoms with Crippen molar-refractivity contribution < 1.29 is 14.6 Å². The van der Waals surface area contributed by atoms with Crippen LogP contribution in [0.3, 0.4) is 0 Å². The maximum Gasteiger partial charge on any atom is 0.228 e. The van der Waals surface area contributed by atoms with Crippen LogP contribution >= 0.6 is 23.2 Å². The van der Waals surface area contributed by atoms with E-state index in [0.29, 0.717) is 28.8 Å². The van der Waals surface area contributed by atoms with Crippen molar-refractivity contribution >= 4 is 40.5 Å². The number of halogens is 2. The molecule has 0 unspecified atom stereocenters. The molecule has 4 rings (SSSR count). The third-order valence-electron chi connectivity index (χ3n) is 5.25. The smallest absolute Gasteiger partial charge is 0.228 e. The van der Waals surface area contributed by atoms with E-state index in [0.717, 1.165) is 43.1 Å². The lowest BCUT2D eigenvalue weighted by atomic mass is 10.1. The molecule has 0 spiro atoms. The maximum absolute atomic E-state index is 11.4. The van der Waals surface area contributed by atoms with Crippen LogP contribution in [0.1, 0.15) is 5.56 Å². The van der Waals surface area contributed by atoms with Gasteiger partial charge in [0.25, 0.3) is 0 Å². The molecule has 2 N–H and O–H groups in total. The maximum atomic E-state index is 11.4. The van der Waals surface area contributed by atoms with Crippen molar-refractivity contribution in [2.75, 3.05) is 49.5 Å². The average Bonchev–Trinajstić information content (AvgIpc) is 3.08. The molecular weight excluding hydrogens is 413 g/mol. The Labute approximate surface area is 180 Å². The van der Waals surface area contributed by atoms with E-state index in [1.807, 2.05) is 36.4 Å². The number of rotatable bonds is 6. The summed E-state index contributed by atoms with van der Waals surface area (Å²) < 4.78 is 5.73. The van der Waals surface area contributed by atoms with Crippen molar-refractivity contribution in [3.63, 3.8) is 0 Å². The summed E-state index contributed by atoms with van der Waals surface area (Å²) in [7, 11) is 0. The van der Waals surface area contributed by atoms with Crippen LogP contribution in [0.4, 0.5) is 11.4 Å². The van der Waals surface area contributed by atoms with Crippen molar-refractivity contribution in [1.29, 1.82) is 0 Å². The van der Waals surface area contributed by atoms with Gasteiger partial charge in [-0.3, -0.25) is 9.69 Å². The van der Waals surface area contributed by atoms with Crippen molar-refractivity contribution in [3.8, 4) is 5.75 Å². The van der Waals surface area contributed by atoms with Crippen molar-refractivity contribution in [2.45, 2.75) is 12.5 Å². The highest BCUT2D eigenvalue weighted by Crippen LogP contribution is 2.28. The number of amides is 1. The van der Waals surface area contributed by atoms with Crippen LogP contribution in [-0.4, -0.2) is 61.3 Å². The molecule has 2 heterocycles. The number of benzene rings is 2. The molecule has 0 aromatic heterocycles. The molecule has 0 saturated carbocycles. The Morgan fingerprint density at radius 3 is 2.62 bits per heavy atom. The largest absolute Gasteiger partial charge is 0.491 e. The Balaban J connectivity index is 1.23. The van der Waals surface area contributed by atoms with E-state index in [2.05, 4.69) is 15.1 Å². The van der Waals surface area contributed by atoms with E-state index < -0.39 is 6.10 Å². The van der Waals surface area contributed by atoms with Crippen LogP contribution in [0.2, 0.25) is 10.0 Å². The van der Waals surface area contributed by atoms with Gasteiger partial charge in [0, 0.05) is 44.1 Å². The second-order valence-corrected chi connectivity index (χ2v) is 8.21. The van der Waals surface area contributed by atoms with Crippen LogP contribution in [0, 0.1) is 0 Å². The predicted octanol–water partition coefficient (Wildman–Crippen LogP) is 3.05. The zero-order valence-electron chi connectivity index (χ0n) is 15.9. The third kappa shape index (κ3) is 4.95. The number of nitrogens with one attached hydrogen (secondary N) is 1. The molecule has 0 radical (unpaired) electrons. The second kappa shape index (κ2) is 8.79. The highest BCUT2D eigenvalue weighted by atomic mass is 35.5. The van der Waals surface area contributed by atoms with E-state index >= 15 is 0 Å². The van der Waals surface area contributed by atoms with E-state index in [1.165, 1.54) is 0 Å². The number of hydrogen-bond donors (Lipinski definition) is 2. The molecule has 2 aromatic carbocycles. The fourth-order valence-electron chi connectivity index (χ4n) is 3.71. The summed E-state index contributed by atoms with van der Waals surface area (Å²) in [6, 6.07) is 11.2. The summed E-state index contributed by atoms with van der Waals surface area (Å²) in [6.45, 7) is 4.19. The molecule has 1 fully saturated rings. The lowest BCUT2D eigenvalue weighted by Gasteiger charge is -2.37. The van der Waals surface area contributed by atoms with Gasteiger partial charge < -0.3 is 20.1 Å². The fourth-order valence-corrected chi connectivity index (χ4v) is 4.00. The highest BCUT2D eigenvalue weighted by molar-refractivity contribution is 6.42. The molecule has 0 aliphatic carbocycles. The van der Waals surface area contributed by atoms with Crippen LogP contribution in [0.15, 0.2) is 36.4 Å². The lowest BCUT2D eigenvalue weighted by molar-refractivity contribution is -0.115. The summed E-state index contributed by atoms with van der Waals surface area (Å²) in [6.07, 6.45) is -0.211. The number of carbonyl (C=O) groups excluding carboxylic acids is 1. The van der Waals surface area contributed by atoms with Gasteiger partial charge in [0.1, 0.15) is 18.5 Å². The molecule has 8 heteroatoms. The summed E-state index contributed by atoms with van der Waals surface area (Å²) in [5.74, 6) is 0.668. The Morgan fingerprint density at radius 2 is 1.86 bits per heavy atom. The predicted molar refractivity (Wildman–Crippen MR) is 115 cm³/mol. The average molecular weight is 436 g/mol. The van der Waals surface area contributed by atoms with Crippen LogP contribution < -0.4 is 15.0 Å².